The van der Waals surface area contributed by atoms with E-state index in [1.165, 1.54) is 6.26 Å². The molecule has 0 bridgehead atoms. The third kappa shape index (κ3) is 5.04. The van der Waals surface area contributed by atoms with Crippen LogP contribution in [0, 0.1) is 0 Å². The highest BCUT2D eigenvalue weighted by Gasteiger charge is 2.30. The number of amides is 1. The lowest BCUT2D eigenvalue weighted by molar-refractivity contribution is -0.121. The van der Waals surface area contributed by atoms with Gasteiger partial charge in [0.05, 0.1) is 4.75 Å². The van der Waals surface area contributed by atoms with Gasteiger partial charge in [-0.1, -0.05) is 19.1 Å². The molecule has 0 radical (unpaired) electrons. The molecule has 0 saturated heterocycles. The summed E-state index contributed by atoms with van der Waals surface area (Å²) in [6.07, 6.45) is 1.49. The van der Waals surface area contributed by atoms with Crippen LogP contribution in [0.25, 0.3) is 0 Å². The van der Waals surface area contributed by atoms with Crippen LogP contribution < -0.4 is 11.1 Å². The first-order chi connectivity index (χ1) is 9.53. The van der Waals surface area contributed by atoms with Crippen molar-refractivity contribution in [3.63, 3.8) is 0 Å². The Bertz CT molecular complexity index is 592. The minimum atomic E-state index is -3.21. The quantitative estimate of drug-likeness (QED) is 0.782. The van der Waals surface area contributed by atoms with Crippen LogP contribution in [0.15, 0.2) is 24.3 Å². The molecule has 0 aliphatic carbocycles. The average molecular weight is 312 g/mol. The summed E-state index contributed by atoms with van der Waals surface area (Å²) < 4.78 is 22.2. The molecule has 118 valence electrons. The Morgan fingerprint density at radius 2 is 1.81 bits per heavy atom. The Morgan fingerprint density at radius 3 is 2.29 bits per heavy atom. The summed E-state index contributed by atoms with van der Waals surface area (Å²) >= 11 is 0. The number of rotatable bonds is 6. The second kappa shape index (κ2) is 6.47. The van der Waals surface area contributed by atoms with Gasteiger partial charge in [-0.15, -0.1) is 0 Å². The molecule has 1 aromatic carbocycles. The second-order valence-corrected chi connectivity index (χ2v) is 8.73. The summed E-state index contributed by atoms with van der Waals surface area (Å²) in [6, 6.07) is 7.40. The number of nitrogens with two attached hydrogens (primary N) is 1. The fourth-order valence-electron chi connectivity index (χ4n) is 1.74. The van der Waals surface area contributed by atoms with E-state index in [0.29, 0.717) is 12.1 Å². The van der Waals surface area contributed by atoms with Crippen molar-refractivity contribution in [2.24, 2.45) is 0 Å². The Labute approximate surface area is 126 Å². The Morgan fingerprint density at radius 1 is 1.29 bits per heavy atom. The lowest BCUT2D eigenvalue weighted by Crippen LogP contribution is -2.43. The van der Waals surface area contributed by atoms with E-state index in [4.69, 9.17) is 5.73 Å². The van der Waals surface area contributed by atoms with Gasteiger partial charge in [-0.3, -0.25) is 4.79 Å². The van der Waals surface area contributed by atoms with Crippen LogP contribution in [-0.4, -0.2) is 31.9 Å². The lowest BCUT2D eigenvalue weighted by Gasteiger charge is -2.23. The predicted octanol–water partition coefficient (Wildman–Crippen LogP) is 1.70. The summed E-state index contributed by atoms with van der Waals surface area (Å²) in [6.45, 7) is 5.27. The molecule has 1 rings (SSSR count). The lowest BCUT2D eigenvalue weighted by atomic mass is 9.97. The molecule has 1 aromatic rings. The largest absolute Gasteiger partial charge is 0.399 e. The minimum Gasteiger partial charge on any atom is -0.399 e. The topological polar surface area (TPSA) is 89.3 Å². The molecule has 0 aliphatic heterocycles. The highest BCUT2D eigenvalue weighted by atomic mass is 32.2. The van der Waals surface area contributed by atoms with E-state index in [1.807, 2.05) is 19.1 Å². The number of anilines is 1. The van der Waals surface area contributed by atoms with Crippen LogP contribution in [0.2, 0.25) is 0 Å². The summed E-state index contributed by atoms with van der Waals surface area (Å²) in [5.74, 6) is -0.108. The standard InChI is InChI=1S/C15H24N2O3S/c1-11(12-5-7-13(16)8-6-12)9-14(18)17-10-15(2,3)21(4,19)20/h5-8,11H,9-10,16H2,1-4H3,(H,17,18). The zero-order valence-corrected chi connectivity index (χ0v) is 13.8. The summed E-state index contributed by atoms with van der Waals surface area (Å²) in [7, 11) is -3.21. The van der Waals surface area contributed by atoms with Crippen molar-refractivity contribution < 1.29 is 13.2 Å². The second-order valence-electron chi connectivity index (χ2n) is 6.08. The van der Waals surface area contributed by atoms with E-state index in [9.17, 15) is 13.2 Å². The highest BCUT2D eigenvalue weighted by Crippen LogP contribution is 2.20. The van der Waals surface area contributed by atoms with E-state index in [-0.39, 0.29) is 18.4 Å². The van der Waals surface area contributed by atoms with Crippen molar-refractivity contribution in [2.75, 3.05) is 18.5 Å². The average Bonchev–Trinajstić information content (AvgIpc) is 2.36. The number of sulfone groups is 1. The van der Waals surface area contributed by atoms with Crippen molar-refractivity contribution in [2.45, 2.75) is 37.9 Å². The van der Waals surface area contributed by atoms with E-state index in [1.54, 1.807) is 26.0 Å². The maximum Gasteiger partial charge on any atom is 0.220 e. The third-order valence-electron chi connectivity index (χ3n) is 3.71. The van der Waals surface area contributed by atoms with Crippen molar-refractivity contribution in [1.82, 2.24) is 5.32 Å². The van der Waals surface area contributed by atoms with Crippen molar-refractivity contribution >= 4 is 21.4 Å². The molecule has 0 fully saturated rings. The SMILES string of the molecule is CC(CC(=O)NCC(C)(C)S(C)(=O)=O)c1ccc(N)cc1. The molecule has 0 aliphatic rings. The zero-order chi connectivity index (χ0) is 16.3. The first-order valence-corrected chi connectivity index (χ1v) is 8.74. The van der Waals surface area contributed by atoms with E-state index in [2.05, 4.69) is 5.32 Å². The minimum absolute atomic E-state index is 0.0481. The smallest absolute Gasteiger partial charge is 0.220 e. The molecule has 1 amide bonds. The molecule has 6 heteroatoms. The van der Waals surface area contributed by atoms with Gasteiger partial charge >= 0.3 is 0 Å². The van der Waals surface area contributed by atoms with Crippen LogP contribution in [0.5, 0.6) is 0 Å². The van der Waals surface area contributed by atoms with Crippen LogP contribution in [0.1, 0.15) is 38.7 Å². The summed E-state index contributed by atoms with van der Waals surface area (Å²) in [5, 5.41) is 2.70. The number of hydrogen-bond donors (Lipinski definition) is 2. The fourth-order valence-corrected chi connectivity index (χ4v) is 2.07. The van der Waals surface area contributed by atoms with Gasteiger partial charge in [-0.2, -0.15) is 0 Å². The van der Waals surface area contributed by atoms with Gasteiger partial charge in [0, 0.05) is 24.9 Å². The van der Waals surface area contributed by atoms with Crippen molar-refractivity contribution in [3.8, 4) is 0 Å². The van der Waals surface area contributed by atoms with Crippen LogP contribution in [0.3, 0.4) is 0 Å². The van der Waals surface area contributed by atoms with Gasteiger partial charge in [0.1, 0.15) is 0 Å². The van der Waals surface area contributed by atoms with Gasteiger partial charge in [0.15, 0.2) is 9.84 Å². The number of carbonyl (C=O) groups excluding carboxylic acids is 1. The van der Waals surface area contributed by atoms with Crippen molar-refractivity contribution in [1.29, 1.82) is 0 Å². The molecular formula is C15H24N2O3S. The van der Waals surface area contributed by atoms with Gasteiger partial charge in [-0.25, -0.2) is 8.42 Å². The molecule has 3 N–H and O–H groups in total. The maximum absolute atomic E-state index is 11.9. The molecule has 0 saturated carbocycles. The molecular weight excluding hydrogens is 288 g/mol. The molecule has 5 nitrogen and oxygen atoms in total. The van der Waals surface area contributed by atoms with Crippen LogP contribution in [0.4, 0.5) is 5.69 Å². The maximum atomic E-state index is 11.9. The number of nitrogens with one attached hydrogen (secondary N) is 1. The van der Waals surface area contributed by atoms with Crippen molar-refractivity contribution in [3.05, 3.63) is 29.8 Å². The molecule has 21 heavy (non-hydrogen) atoms. The van der Waals surface area contributed by atoms with E-state index in [0.717, 1.165) is 5.56 Å². The monoisotopic (exact) mass is 312 g/mol. The highest BCUT2D eigenvalue weighted by molar-refractivity contribution is 7.92. The number of nitrogen functional groups attached to an aromatic ring is 1. The van der Waals surface area contributed by atoms with Gasteiger partial charge < -0.3 is 11.1 Å². The summed E-state index contributed by atoms with van der Waals surface area (Å²) in [4.78, 5) is 11.9. The number of carbonyl (C=O) groups is 1. The Kier molecular flexibility index (Phi) is 5.39. The van der Waals surface area contributed by atoms with Crippen LogP contribution >= 0.6 is 0 Å². The first-order valence-electron chi connectivity index (χ1n) is 6.84. The van der Waals surface area contributed by atoms with Gasteiger partial charge in [-0.05, 0) is 37.5 Å². The fraction of sp³-hybridized carbons (Fsp3) is 0.533. The third-order valence-corrected chi connectivity index (χ3v) is 5.86. The molecule has 0 heterocycles. The molecule has 1 atom stereocenters. The zero-order valence-electron chi connectivity index (χ0n) is 13.0. The molecule has 0 aromatic heterocycles. The number of hydrogen-bond acceptors (Lipinski definition) is 4. The Hall–Kier alpha value is -1.56. The van der Waals surface area contributed by atoms with Gasteiger partial charge in [0.25, 0.3) is 0 Å². The van der Waals surface area contributed by atoms with E-state index < -0.39 is 14.6 Å². The Balaban J connectivity index is 2.56. The number of benzene rings is 1. The first kappa shape index (κ1) is 17.5. The van der Waals surface area contributed by atoms with Gasteiger partial charge in [0.2, 0.25) is 5.91 Å². The van der Waals surface area contributed by atoms with Crippen LogP contribution in [-0.2, 0) is 14.6 Å². The molecule has 1 unspecified atom stereocenters. The summed E-state index contributed by atoms with van der Waals surface area (Å²) in [5.41, 5.74) is 7.34. The predicted molar refractivity (Wildman–Crippen MR) is 85.8 cm³/mol. The normalized spacial score (nSPS) is 13.7. The molecule has 0 spiro atoms. The van der Waals surface area contributed by atoms with E-state index >= 15 is 0 Å².